The van der Waals surface area contributed by atoms with Crippen molar-refractivity contribution in [2.24, 2.45) is 17.7 Å². The monoisotopic (exact) mass is 543 g/mol. The number of aliphatic carboxylic acids is 1. The number of pyridine rings is 2. The van der Waals surface area contributed by atoms with E-state index in [1.165, 1.54) is 4.90 Å². The van der Waals surface area contributed by atoms with Crippen molar-refractivity contribution in [1.82, 2.24) is 20.3 Å². The fraction of sp³-hybridized carbons (Fsp3) is 0.276. The smallest absolute Gasteiger partial charge is 0.326 e. The van der Waals surface area contributed by atoms with Crippen LogP contribution in [0.25, 0.3) is 22.2 Å². The van der Waals surface area contributed by atoms with Gasteiger partial charge in [-0.15, -0.1) is 12.4 Å². The Morgan fingerprint density at radius 1 is 1.10 bits per heavy atom. The zero-order valence-corrected chi connectivity index (χ0v) is 21.7. The molecule has 1 aliphatic heterocycles. The molecule has 5 rings (SSSR count). The minimum Gasteiger partial charge on any atom is -0.480 e. The Morgan fingerprint density at radius 3 is 2.64 bits per heavy atom. The second kappa shape index (κ2) is 12.0. The number of carboxylic acid groups (broad SMARTS) is 1. The van der Waals surface area contributed by atoms with E-state index in [1.807, 2.05) is 24.3 Å². The van der Waals surface area contributed by atoms with Crippen molar-refractivity contribution in [2.75, 3.05) is 6.54 Å². The lowest BCUT2D eigenvalue weighted by molar-refractivity contribution is -0.152. The molecule has 0 radical (unpaired) electrons. The van der Waals surface area contributed by atoms with Gasteiger partial charge in [-0.05, 0) is 61.8 Å². The molecule has 3 unspecified atom stereocenters. The molecule has 4 N–H and O–H groups in total. The number of fused-ring (bicyclic) bond motifs is 1. The first-order valence-corrected chi connectivity index (χ1v) is 12.4. The Labute approximate surface area is 231 Å². The maximum Gasteiger partial charge on any atom is 0.326 e. The fourth-order valence-electron chi connectivity index (χ4n) is 4.73. The van der Waals surface area contributed by atoms with Crippen LogP contribution in [0.3, 0.4) is 0 Å². The highest BCUT2D eigenvalue weighted by Crippen LogP contribution is 2.40. The molecule has 2 aliphatic rings. The van der Waals surface area contributed by atoms with E-state index >= 15 is 0 Å². The number of carbonyl (C=O) groups is 3. The van der Waals surface area contributed by atoms with E-state index in [-0.39, 0.29) is 30.2 Å². The molecule has 1 aromatic carbocycles. The summed E-state index contributed by atoms with van der Waals surface area (Å²) in [5.41, 5.74) is 5.36. The van der Waals surface area contributed by atoms with Gasteiger partial charge in [-0.3, -0.25) is 20.0 Å². The summed E-state index contributed by atoms with van der Waals surface area (Å²) in [5, 5.41) is 10.0. The van der Waals surface area contributed by atoms with Crippen molar-refractivity contribution < 1.29 is 19.5 Å². The Balaban J connectivity index is 0.00000353. The summed E-state index contributed by atoms with van der Waals surface area (Å²) < 4.78 is 0. The average molecular weight is 544 g/mol. The number of halogens is 1. The molecule has 10 heteroatoms. The van der Waals surface area contributed by atoms with Crippen LogP contribution in [0, 0.1) is 35.5 Å². The van der Waals surface area contributed by atoms with Gasteiger partial charge in [0.25, 0.3) is 5.91 Å². The molecule has 2 fully saturated rings. The number of aromatic nitrogens is 2. The normalized spacial score (nSPS) is 19.4. The highest BCUT2D eigenvalue weighted by atomic mass is 35.5. The zero-order chi connectivity index (χ0) is 26.6. The third-order valence-corrected chi connectivity index (χ3v) is 6.87. The lowest BCUT2D eigenvalue weighted by atomic mass is 10.0. The number of rotatable bonds is 4. The summed E-state index contributed by atoms with van der Waals surface area (Å²) in [6.45, 7) is 0.496. The molecule has 2 amide bonds. The predicted molar refractivity (Wildman–Crippen MR) is 147 cm³/mol. The van der Waals surface area contributed by atoms with E-state index in [1.54, 1.807) is 24.5 Å². The average Bonchev–Trinajstić information content (AvgIpc) is 3.73. The number of amides is 2. The fourth-order valence-corrected chi connectivity index (χ4v) is 4.73. The number of piperidine rings is 1. The minimum atomic E-state index is -0.937. The number of hydrogen-bond donors (Lipinski definition) is 3. The van der Waals surface area contributed by atoms with Crippen molar-refractivity contribution in [3.63, 3.8) is 0 Å². The maximum atomic E-state index is 12.8. The molecule has 3 heterocycles. The van der Waals surface area contributed by atoms with Crippen LogP contribution in [0.2, 0.25) is 0 Å². The summed E-state index contributed by atoms with van der Waals surface area (Å²) in [6, 6.07) is 10.1. The lowest BCUT2D eigenvalue weighted by Gasteiger charge is -2.33. The summed E-state index contributed by atoms with van der Waals surface area (Å²) in [7, 11) is 0. The molecule has 39 heavy (non-hydrogen) atoms. The van der Waals surface area contributed by atoms with Gasteiger partial charge >= 0.3 is 5.97 Å². The first-order chi connectivity index (χ1) is 18.5. The van der Waals surface area contributed by atoms with Crippen LogP contribution < -0.4 is 11.3 Å². The van der Waals surface area contributed by atoms with Crippen LogP contribution in [-0.2, 0) is 9.59 Å². The lowest BCUT2D eigenvalue weighted by Crippen LogP contribution is -2.48. The number of nitrogens with two attached hydrogens (primary N) is 1. The molecule has 1 aliphatic carbocycles. The number of nitrogens with one attached hydrogen (secondary N) is 1. The van der Waals surface area contributed by atoms with Crippen LogP contribution in [0.4, 0.5) is 0 Å². The van der Waals surface area contributed by atoms with Gasteiger partial charge in [0.2, 0.25) is 5.91 Å². The molecular weight excluding hydrogens is 518 g/mol. The van der Waals surface area contributed by atoms with Crippen LogP contribution in [0.5, 0.6) is 0 Å². The number of hydrogen-bond acceptors (Lipinski definition) is 6. The first kappa shape index (κ1) is 27.6. The molecule has 1 saturated carbocycles. The quantitative estimate of drug-likeness (QED) is 0.199. The van der Waals surface area contributed by atoms with Gasteiger partial charge in [0, 0.05) is 41.4 Å². The zero-order valence-electron chi connectivity index (χ0n) is 20.9. The third kappa shape index (κ3) is 6.01. The van der Waals surface area contributed by atoms with Crippen molar-refractivity contribution >= 4 is 41.1 Å². The molecule has 9 nitrogen and oxygen atoms in total. The number of carbonyl (C=O) groups excluding carboxylic acids is 2. The Hall–Kier alpha value is -4.44. The van der Waals surface area contributed by atoms with Gasteiger partial charge in [0.15, 0.2) is 0 Å². The van der Waals surface area contributed by atoms with Crippen LogP contribution in [0.15, 0.2) is 48.8 Å². The molecule has 198 valence electrons. The summed E-state index contributed by atoms with van der Waals surface area (Å²) in [5.74, 6) is 15.3. The molecule has 3 aromatic rings. The number of nitrogen functional groups attached to an aromatic ring is 1. The van der Waals surface area contributed by atoms with E-state index in [2.05, 4.69) is 39.1 Å². The standard InChI is InChI=1S/C29H25N5O4.ClH/c30-33-27(35)22-16-25(32-24-12-13-31-17-23(22)24)19-10-8-18(9-11-19)5-1-2-6-20-15-21(20)28(36)34-14-4-3-7-26(34)29(37)38;/h8-13,16-17,20-21,26H,3-4,7,14-15,30H2,(H,33,35)(H,37,38);1H. The number of nitrogens with zero attached hydrogens (tertiary/aromatic N) is 3. The van der Waals surface area contributed by atoms with E-state index < -0.39 is 17.9 Å². The third-order valence-electron chi connectivity index (χ3n) is 6.87. The van der Waals surface area contributed by atoms with Crippen LogP contribution in [-0.4, -0.2) is 50.3 Å². The van der Waals surface area contributed by atoms with Crippen LogP contribution >= 0.6 is 12.4 Å². The maximum absolute atomic E-state index is 12.8. The first-order valence-electron chi connectivity index (χ1n) is 12.4. The molecule has 0 bridgehead atoms. The number of carboxylic acids is 1. The van der Waals surface area contributed by atoms with E-state index in [0.29, 0.717) is 41.5 Å². The predicted octanol–water partition coefficient (Wildman–Crippen LogP) is 2.78. The Kier molecular flexibility index (Phi) is 8.46. The summed E-state index contributed by atoms with van der Waals surface area (Å²) >= 11 is 0. The minimum absolute atomic E-state index is 0. The second-order valence-corrected chi connectivity index (χ2v) is 9.35. The number of benzene rings is 1. The number of likely N-dealkylation sites (tertiary alicyclic amines) is 1. The summed E-state index contributed by atoms with van der Waals surface area (Å²) in [6.07, 6.45) is 6.01. The molecular formula is C29H26ClN5O4. The SMILES string of the molecule is Cl.NNC(=O)c1cc(-c2ccc(C#CC#CC3CC3C(=O)N3CCCCC3C(=O)O)cc2)nc2ccncc12. The van der Waals surface area contributed by atoms with Gasteiger partial charge in [-0.1, -0.05) is 24.0 Å². The van der Waals surface area contributed by atoms with Crippen molar-refractivity contribution in [1.29, 1.82) is 0 Å². The van der Waals surface area contributed by atoms with Crippen molar-refractivity contribution in [2.45, 2.75) is 31.7 Å². The van der Waals surface area contributed by atoms with Gasteiger partial charge in [-0.2, -0.15) is 0 Å². The second-order valence-electron chi connectivity index (χ2n) is 9.35. The van der Waals surface area contributed by atoms with Gasteiger partial charge < -0.3 is 10.0 Å². The molecule has 2 aromatic heterocycles. The van der Waals surface area contributed by atoms with Gasteiger partial charge in [-0.25, -0.2) is 15.6 Å². The van der Waals surface area contributed by atoms with Crippen LogP contribution in [0.1, 0.15) is 41.6 Å². The largest absolute Gasteiger partial charge is 0.480 e. The Bertz CT molecular complexity index is 1550. The van der Waals surface area contributed by atoms with Gasteiger partial charge in [0.1, 0.15) is 6.04 Å². The highest BCUT2D eigenvalue weighted by Gasteiger charge is 2.46. The Morgan fingerprint density at radius 2 is 1.90 bits per heavy atom. The van der Waals surface area contributed by atoms with E-state index in [4.69, 9.17) is 5.84 Å². The van der Waals surface area contributed by atoms with E-state index in [9.17, 15) is 19.5 Å². The molecule has 1 saturated heterocycles. The van der Waals surface area contributed by atoms with Gasteiger partial charge in [0.05, 0.1) is 22.7 Å². The highest BCUT2D eigenvalue weighted by molar-refractivity contribution is 6.06. The molecule has 0 spiro atoms. The molecule has 3 atom stereocenters. The van der Waals surface area contributed by atoms with E-state index in [0.717, 1.165) is 24.0 Å². The van der Waals surface area contributed by atoms with Crippen molar-refractivity contribution in [3.8, 4) is 34.9 Å². The topological polar surface area (TPSA) is 139 Å². The number of hydrazine groups is 1. The summed E-state index contributed by atoms with van der Waals surface area (Å²) in [4.78, 5) is 46.7. The van der Waals surface area contributed by atoms with Crippen molar-refractivity contribution in [3.05, 3.63) is 59.9 Å².